The van der Waals surface area contributed by atoms with Crippen molar-refractivity contribution in [1.82, 2.24) is 0 Å². The standard InChI is InChI=1S/C23H34O3/c1-15(25)19-8-9-20-18-7-5-16-4-6-17(26-14-24)10-12-22(16,2)21(18)11-13-23(19,20)3/h5,14,17-21H,4,6-13H2,1-3H3/t17-,18-,19+,20-,21-,22-,23+/m0/s1. The molecule has 0 unspecified atom stereocenters. The van der Waals surface area contributed by atoms with E-state index in [-0.39, 0.29) is 22.9 Å². The summed E-state index contributed by atoms with van der Waals surface area (Å²) in [7, 11) is 0. The van der Waals surface area contributed by atoms with Gasteiger partial charge in [0.2, 0.25) is 0 Å². The van der Waals surface area contributed by atoms with Crippen molar-refractivity contribution in [3.63, 3.8) is 0 Å². The van der Waals surface area contributed by atoms with E-state index in [2.05, 4.69) is 19.9 Å². The van der Waals surface area contributed by atoms with Gasteiger partial charge in [0.05, 0.1) is 0 Å². The van der Waals surface area contributed by atoms with E-state index in [1.165, 1.54) is 25.7 Å². The summed E-state index contributed by atoms with van der Waals surface area (Å²) in [4.78, 5) is 23.0. The van der Waals surface area contributed by atoms with E-state index >= 15 is 0 Å². The van der Waals surface area contributed by atoms with Gasteiger partial charge in [-0.2, -0.15) is 0 Å². The molecule has 7 atom stereocenters. The highest BCUT2D eigenvalue weighted by molar-refractivity contribution is 5.79. The summed E-state index contributed by atoms with van der Waals surface area (Å²) in [6, 6.07) is 0. The Kier molecular flexibility index (Phi) is 4.56. The molecule has 0 amide bonds. The van der Waals surface area contributed by atoms with Gasteiger partial charge in [-0.05, 0) is 93.3 Å². The van der Waals surface area contributed by atoms with E-state index in [0.29, 0.717) is 18.2 Å². The van der Waals surface area contributed by atoms with E-state index in [0.717, 1.165) is 43.9 Å². The predicted octanol–water partition coefficient (Wildman–Crippen LogP) is 5.09. The SMILES string of the molecule is CC(=O)[C@H]1CC[C@H]2[C@@H]3CC=C4CC[C@H](OC=O)CC[C@]4(C)[C@H]3CC[C@]12C. The van der Waals surface area contributed by atoms with Gasteiger partial charge in [-0.1, -0.05) is 25.5 Å². The first kappa shape index (κ1) is 18.3. The maximum absolute atomic E-state index is 12.2. The van der Waals surface area contributed by atoms with Crippen LogP contribution >= 0.6 is 0 Å². The minimum absolute atomic E-state index is 0.0942. The third kappa shape index (κ3) is 2.60. The molecule has 0 radical (unpaired) electrons. The van der Waals surface area contributed by atoms with Crippen molar-refractivity contribution >= 4 is 12.3 Å². The van der Waals surface area contributed by atoms with E-state index < -0.39 is 0 Å². The van der Waals surface area contributed by atoms with E-state index in [1.807, 2.05) is 6.92 Å². The molecule has 144 valence electrons. The molecule has 0 saturated heterocycles. The highest BCUT2D eigenvalue weighted by Crippen LogP contribution is 2.66. The van der Waals surface area contributed by atoms with Gasteiger partial charge in [-0.25, -0.2) is 0 Å². The maximum atomic E-state index is 12.2. The summed E-state index contributed by atoms with van der Waals surface area (Å²) in [6.07, 6.45) is 12.8. The maximum Gasteiger partial charge on any atom is 0.293 e. The smallest absolute Gasteiger partial charge is 0.293 e. The number of rotatable bonds is 3. The summed E-state index contributed by atoms with van der Waals surface area (Å²) >= 11 is 0. The predicted molar refractivity (Wildman–Crippen MR) is 101 cm³/mol. The Morgan fingerprint density at radius 2 is 1.92 bits per heavy atom. The van der Waals surface area contributed by atoms with E-state index in [1.54, 1.807) is 5.57 Å². The third-order valence-electron chi connectivity index (χ3n) is 9.09. The fraction of sp³-hybridized carbons (Fsp3) is 0.826. The van der Waals surface area contributed by atoms with Crippen molar-refractivity contribution in [2.75, 3.05) is 0 Å². The first-order valence-corrected chi connectivity index (χ1v) is 10.7. The Morgan fingerprint density at radius 1 is 1.12 bits per heavy atom. The average molecular weight is 359 g/mol. The Hall–Kier alpha value is -1.12. The molecule has 3 heteroatoms. The molecule has 3 fully saturated rings. The van der Waals surface area contributed by atoms with Crippen LogP contribution < -0.4 is 0 Å². The molecule has 4 rings (SSSR count). The number of hydrogen-bond acceptors (Lipinski definition) is 3. The zero-order chi connectivity index (χ0) is 18.5. The Bertz CT molecular complexity index is 623. The molecule has 0 heterocycles. The van der Waals surface area contributed by atoms with Crippen LogP contribution in [0.2, 0.25) is 0 Å². The van der Waals surface area contributed by atoms with Crippen LogP contribution in [0.3, 0.4) is 0 Å². The van der Waals surface area contributed by atoms with Gasteiger partial charge >= 0.3 is 0 Å². The van der Waals surface area contributed by atoms with Gasteiger partial charge in [0.1, 0.15) is 11.9 Å². The lowest BCUT2D eigenvalue weighted by atomic mass is 9.48. The second-order valence-electron chi connectivity index (χ2n) is 9.98. The summed E-state index contributed by atoms with van der Waals surface area (Å²) in [6.45, 7) is 7.34. The topological polar surface area (TPSA) is 43.4 Å². The number of ketones is 1. The van der Waals surface area contributed by atoms with Crippen LogP contribution in [0.1, 0.15) is 78.6 Å². The molecule has 3 saturated carbocycles. The monoisotopic (exact) mass is 358 g/mol. The van der Waals surface area contributed by atoms with Crippen LogP contribution in [0.15, 0.2) is 11.6 Å². The fourth-order valence-electron chi connectivity index (χ4n) is 7.69. The summed E-state index contributed by atoms with van der Waals surface area (Å²) in [5.41, 5.74) is 2.11. The number of ether oxygens (including phenoxy) is 1. The molecule has 0 aromatic rings. The second-order valence-corrected chi connectivity index (χ2v) is 9.98. The number of allylic oxidation sites excluding steroid dienone is 2. The first-order chi connectivity index (χ1) is 12.4. The van der Waals surface area contributed by atoms with Crippen LogP contribution in [0.25, 0.3) is 0 Å². The van der Waals surface area contributed by atoms with Gasteiger partial charge in [-0.3, -0.25) is 9.59 Å². The number of fused-ring (bicyclic) bond motifs is 5. The molecule has 0 N–H and O–H groups in total. The van der Waals surface area contributed by atoms with Gasteiger partial charge < -0.3 is 4.74 Å². The van der Waals surface area contributed by atoms with Gasteiger partial charge in [0.15, 0.2) is 0 Å². The lowest BCUT2D eigenvalue weighted by Crippen LogP contribution is -2.49. The second kappa shape index (κ2) is 6.49. The van der Waals surface area contributed by atoms with Gasteiger partial charge in [0.25, 0.3) is 6.47 Å². The summed E-state index contributed by atoms with van der Waals surface area (Å²) in [5.74, 6) is 2.87. The molecule has 4 aliphatic rings. The summed E-state index contributed by atoms with van der Waals surface area (Å²) in [5, 5.41) is 0. The third-order valence-corrected chi connectivity index (χ3v) is 9.09. The Labute approximate surface area is 157 Å². The Balaban J connectivity index is 1.61. The van der Waals surface area contributed by atoms with Crippen molar-refractivity contribution in [3.8, 4) is 0 Å². The fourth-order valence-corrected chi connectivity index (χ4v) is 7.69. The molecule has 0 aromatic carbocycles. The minimum Gasteiger partial charge on any atom is -0.465 e. The van der Waals surface area contributed by atoms with Crippen LogP contribution in [-0.4, -0.2) is 18.4 Å². The van der Waals surface area contributed by atoms with Crippen LogP contribution in [0.4, 0.5) is 0 Å². The highest BCUT2D eigenvalue weighted by Gasteiger charge is 2.58. The first-order valence-electron chi connectivity index (χ1n) is 10.7. The number of Topliss-reactive ketones (excluding diaryl/α,β-unsaturated/α-hetero) is 1. The van der Waals surface area contributed by atoms with E-state index in [4.69, 9.17) is 4.74 Å². The number of carbonyl (C=O) groups is 2. The van der Waals surface area contributed by atoms with Crippen molar-refractivity contribution in [2.45, 2.75) is 84.7 Å². The molecule has 0 bridgehead atoms. The van der Waals surface area contributed by atoms with Crippen molar-refractivity contribution in [1.29, 1.82) is 0 Å². The highest BCUT2D eigenvalue weighted by atomic mass is 16.5. The van der Waals surface area contributed by atoms with Crippen LogP contribution in [0, 0.1) is 34.5 Å². The van der Waals surface area contributed by atoms with Crippen LogP contribution in [-0.2, 0) is 14.3 Å². The molecule has 4 aliphatic carbocycles. The molecule has 0 aromatic heterocycles. The van der Waals surface area contributed by atoms with Gasteiger partial charge in [0, 0.05) is 5.92 Å². The average Bonchev–Trinajstić information content (AvgIpc) is 2.87. The zero-order valence-electron chi connectivity index (χ0n) is 16.6. The normalized spacial score (nSPS) is 47.7. The van der Waals surface area contributed by atoms with E-state index in [9.17, 15) is 9.59 Å². The zero-order valence-corrected chi connectivity index (χ0v) is 16.6. The molecular weight excluding hydrogens is 324 g/mol. The lowest BCUT2D eigenvalue weighted by Gasteiger charge is -2.56. The summed E-state index contributed by atoms with van der Waals surface area (Å²) < 4.78 is 5.33. The molecule has 0 aliphatic heterocycles. The van der Waals surface area contributed by atoms with Crippen LogP contribution in [0.5, 0.6) is 0 Å². The molecule has 0 spiro atoms. The largest absolute Gasteiger partial charge is 0.465 e. The molecule has 26 heavy (non-hydrogen) atoms. The van der Waals surface area contributed by atoms with Crippen molar-refractivity contribution in [2.24, 2.45) is 34.5 Å². The Morgan fingerprint density at radius 3 is 2.65 bits per heavy atom. The number of carbonyl (C=O) groups excluding carboxylic acids is 2. The number of hydrogen-bond donors (Lipinski definition) is 0. The van der Waals surface area contributed by atoms with Crippen molar-refractivity contribution < 1.29 is 14.3 Å². The molecular formula is C23H34O3. The lowest BCUT2D eigenvalue weighted by molar-refractivity contribution is -0.134. The van der Waals surface area contributed by atoms with Gasteiger partial charge in [-0.15, -0.1) is 0 Å². The quantitative estimate of drug-likeness (QED) is 0.521. The minimum atomic E-state index is 0.0942. The molecule has 3 nitrogen and oxygen atoms in total. The van der Waals surface area contributed by atoms with Crippen molar-refractivity contribution in [3.05, 3.63) is 11.6 Å².